The van der Waals surface area contributed by atoms with Crippen molar-refractivity contribution in [3.05, 3.63) is 87.6 Å². The predicted molar refractivity (Wildman–Crippen MR) is 141 cm³/mol. The molecule has 4 rings (SSSR count). The SMILES string of the molecule is CCOC(=O)c1cccc(N(C)C)c1.CCc1cc(CC)c2sc3ccccc3c(=O)c2c1. The van der Waals surface area contributed by atoms with E-state index in [1.165, 1.54) is 11.1 Å². The zero-order valence-corrected chi connectivity index (χ0v) is 20.8. The van der Waals surface area contributed by atoms with Crippen LogP contribution in [0.2, 0.25) is 0 Å². The van der Waals surface area contributed by atoms with Crippen LogP contribution in [0.25, 0.3) is 20.2 Å². The molecular formula is C28H31NO3S. The van der Waals surface area contributed by atoms with Gasteiger partial charge in [0, 0.05) is 40.0 Å². The van der Waals surface area contributed by atoms with E-state index in [4.69, 9.17) is 4.74 Å². The molecule has 1 aromatic heterocycles. The Morgan fingerprint density at radius 3 is 2.33 bits per heavy atom. The molecule has 0 aliphatic rings. The molecule has 0 aliphatic carbocycles. The van der Waals surface area contributed by atoms with Crippen molar-refractivity contribution in [1.82, 2.24) is 0 Å². The number of nitrogens with zero attached hydrogens (tertiary/aromatic N) is 1. The van der Waals surface area contributed by atoms with Crippen LogP contribution in [-0.2, 0) is 17.6 Å². The number of rotatable bonds is 5. The summed E-state index contributed by atoms with van der Waals surface area (Å²) in [7, 11) is 3.87. The Morgan fingerprint density at radius 1 is 0.909 bits per heavy atom. The molecule has 0 unspecified atom stereocenters. The lowest BCUT2D eigenvalue weighted by atomic mass is 10.0. The van der Waals surface area contributed by atoms with Crippen molar-refractivity contribution in [1.29, 1.82) is 0 Å². The highest BCUT2D eigenvalue weighted by molar-refractivity contribution is 7.24. The fraction of sp³-hybridized carbons (Fsp3) is 0.286. The Balaban J connectivity index is 0.000000196. The predicted octanol–water partition coefficient (Wildman–Crippen LogP) is 6.47. The molecule has 0 radical (unpaired) electrons. The topological polar surface area (TPSA) is 46.6 Å². The lowest BCUT2D eigenvalue weighted by Gasteiger charge is -2.12. The number of anilines is 1. The lowest BCUT2D eigenvalue weighted by Crippen LogP contribution is -2.10. The fourth-order valence-corrected chi connectivity index (χ4v) is 4.87. The summed E-state index contributed by atoms with van der Waals surface area (Å²) in [6.07, 6.45) is 1.94. The third-order valence-corrected chi connectivity index (χ3v) is 6.74. The van der Waals surface area contributed by atoms with Gasteiger partial charge in [-0.25, -0.2) is 4.79 Å². The highest BCUT2D eigenvalue weighted by Gasteiger charge is 2.10. The standard InChI is InChI=1S/C17H16OS.C11H15NO2/c1-3-11-9-12(4-2)17-14(10-11)16(18)13-7-5-6-8-15(13)19-17;1-4-14-11(13)9-6-5-7-10(8-9)12(2)3/h5-10H,3-4H2,1-2H3;5-8H,4H2,1-3H3. The second-order valence-corrected chi connectivity index (χ2v) is 8.98. The van der Waals surface area contributed by atoms with Crippen LogP contribution in [-0.4, -0.2) is 26.7 Å². The summed E-state index contributed by atoms with van der Waals surface area (Å²) in [6.45, 7) is 6.49. The summed E-state index contributed by atoms with van der Waals surface area (Å²) < 4.78 is 7.14. The van der Waals surface area contributed by atoms with Gasteiger partial charge < -0.3 is 9.64 Å². The van der Waals surface area contributed by atoms with E-state index in [1.807, 2.05) is 61.5 Å². The largest absolute Gasteiger partial charge is 0.462 e. The second-order valence-electron chi connectivity index (χ2n) is 7.93. The Morgan fingerprint density at radius 2 is 1.67 bits per heavy atom. The number of aryl methyl sites for hydroxylation is 2. The Hall–Kier alpha value is -3.18. The highest BCUT2D eigenvalue weighted by atomic mass is 32.1. The highest BCUT2D eigenvalue weighted by Crippen LogP contribution is 2.29. The number of hydrogen-bond donors (Lipinski definition) is 0. The Kier molecular flexibility index (Phi) is 8.23. The molecule has 0 aliphatic heterocycles. The van der Waals surface area contributed by atoms with Gasteiger partial charge in [-0.15, -0.1) is 11.3 Å². The number of carbonyl (C=O) groups is 1. The number of benzene rings is 3. The fourth-order valence-electron chi connectivity index (χ4n) is 3.63. The minimum atomic E-state index is -0.267. The van der Waals surface area contributed by atoms with Crippen LogP contribution < -0.4 is 10.3 Å². The quantitative estimate of drug-likeness (QED) is 0.252. The summed E-state index contributed by atoms with van der Waals surface area (Å²) >= 11 is 1.74. The van der Waals surface area contributed by atoms with Crippen LogP contribution in [0.5, 0.6) is 0 Å². The van der Waals surface area contributed by atoms with Gasteiger partial charge in [0.15, 0.2) is 5.43 Å². The van der Waals surface area contributed by atoms with Gasteiger partial charge in [0.05, 0.1) is 12.2 Å². The average molecular weight is 462 g/mol. The molecule has 4 aromatic rings. The molecule has 0 atom stereocenters. The van der Waals surface area contributed by atoms with E-state index in [9.17, 15) is 9.59 Å². The first-order valence-corrected chi connectivity index (χ1v) is 12.1. The van der Waals surface area contributed by atoms with Crippen molar-refractivity contribution >= 4 is 43.2 Å². The van der Waals surface area contributed by atoms with Crippen molar-refractivity contribution in [3.63, 3.8) is 0 Å². The third kappa shape index (κ3) is 5.60. The van der Waals surface area contributed by atoms with Crippen molar-refractivity contribution < 1.29 is 9.53 Å². The van der Waals surface area contributed by atoms with Crippen LogP contribution in [0.3, 0.4) is 0 Å². The van der Waals surface area contributed by atoms with E-state index in [0.717, 1.165) is 38.7 Å². The van der Waals surface area contributed by atoms with Crippen LogP contribution in [0.1, 0.15) is 42.3 Å². The minimum Gasteiger partial charge on any atom is -0.462 e. The number of fused-ring (bicyclic) bond motifs is 2. The Bertz CT molecular complexity index is 1320. The number of carbonyl (C=O) groups excluding carboxylic acids is 1. The van der Waals surface area contributed by atoms with Crippen LogP contribution in [0.15, 0.2) is 65.5 Å². The first kappa shape index (κ1) is 24.5. The molecule has 1 heterocycles. The van der Waals surface area contributed by atoms with E-state index in [1.54, 1.807) is 24.3 Å². The average Bonchev–Trinajstić information content (AvgIpc) is 2.84. The summed E-state index contributed by atoms with van der Waals surface area (Å²) in [5, 5.41) is 1.73. The van der Waals surface area contributed by atoms with Gasteiger partial charge in [-0.2, -0.15) is 0 Å². The Labute approximate surface area is 199 Å². The van der Waals surface area contributed by atoms with Crippen molar-refractivity contribution in [2.75, 3.05) is 25.6 Å². The van der Waals surface area contributed by atoms with E-state index in [2.05, 4.69) is 26.0 Å². The van der Waals surface area contributed by atoms with Crippen LogP contribution in [0, 0.1) is 0 Å². The molecule has 0 bridgehead atoms. The summed E-state index contributed by atoms with van der Waals surface area (Å²) in [6, 6.07) is 19.6. The zero-order valence-electron chi connectivity index (χ0n) is 20.0. The van der Waals surface area contributed by atoms with Crippen LogP contribution in [0.4, 0.5) is 5.69 Å². The molecular weight excluding hydrogens is 430 g/mol. The van der Waals surface area contributed by atoms with Crippen molar-refractivity contribution in [3.8, 4) is 0 Å². The molecule has 0 fully saturated rings. The van der Waals surface area contributed by atoms with Crippen molar-refractivity contribution in [2.24, 2.45) is 0 Å². The second kappa shape index (κ2) is 11.1. The van der Waals surface area contributed by atoms with E-state index in [-0.39, 0.29) is 11.4 Å². The van der Waals surface area contributed by atoms with Gasteiger partial charge in [-0.1, -0.05) is 38.1 Å². The maximum absolute atomic E-state index is 12.6. The molecule has 172 valence electrons. The van der Waals surface area contributed by atoms with E-state index < -0.39 is 0 Å². The maximum Gasteiger partial charge on any atom is 0.338 e. The van der Waals surface area contributed by atoms with Gasteiger partial charge >= 0.3 is 5.97 Å². The molecule has 0 amide bonds. The number of hydrogen-bond acceptors (Lipinski definition) is 5. The number of esters is 1. The lowest BCUT2D eigenvalue weighted by molar-refractivity contribution is 0.0526. The third-order valence-electron chi connectivity index (χ3n) is 5.48. The molecule has 0 saturated carbocycles. The van der Waals surface area contributed by atoms with Gasteiger partial charge in [0.1, 0.15) is 0 Å². The summed E-state index contributed by atoms with van der Waals surface area (Å²) in [5.74, 6) is -0.267. The summed E-state index contributed by atoms with van der Waals surface area (Å²) in [5.41, 5.74) is 4.31. The van der Waals surface area contributed by atoms with Gasteiger partial charge in [0.2, 0.25) is 0 Å². The van der Waals surface area contributed by atoms with Crippen LogP contribution >= 0.6 is 11.3 Å². The van der Waals surface area contributed by atoms with Gasteiger partial charge in [-0.05, 0) is 67.3 Å². The number of ether oxygens (including phenoxy) is 1. The van der Waals surface area contributed by atoms with Gasteiger partial charge in [-0.3, -0.25) is 4.79 Å². The first-order valence-electron chi connectivity index (χ1n) is 11.3. The van der Waals surface area contributed by atoms with Gasteiger partial charge in [0.25, 0.3) is 0 Å². The van der Waals surface area contributed by atoms with E-state index >= 15 is 0 Å². The zero-order chi connectivity index (χ0) is 24.0. The smallest absolute Gasteiger partial charge is 0.338 e. The molecule has 33 heavy (non-hydrogen) atoms. The molecule has 5 heteroatoms. The monoisotopic (exact) mass is 461 g/mol. The molecule has 0 N–H and O–H groups in total. The van der Waals surface area contributed by atoms with E-state index in [0.29, 0.717) is 12.2 Å². The first-order chi connectivity index (χ1) is 15.9. The molecule has 0 spiro atoms. The molecule has 3 aromatic carbocycles. The molecule has 4 nitrogen and oxygen atoms in total. The van der Waals surface area contributed by atoms with Crippen molar-refractivity contribution in [2.45, 2.75) is 33.6 Å². The minimum absolute atomic E-state index is 0.175. The maximum atomic E-state index is 12.6. The molecule has 0 saturated heterocycles. The normalized spacial score (nSPS) is 10.6. The summed E-state index contributed by atoms with van der Waals surface area (Å²) in [4.78, 5) is 26.0.